The zero-order valence-electron chi connectivity index (χ0n) is 13.5. The fraction of sp³-hybridized carbons (Fsp3) is 0.0526. The van der Waals surface area contributed by atoms with Gasteiger partial charge in [-0.05, 0) is 38.3 Å². The number of hydrogen-bond acceptors (Lipinski definition) is 5. The highest BCUT2D eigenvalue weighted by atomic mass is 79.9. The lowest BCUT2D eigenvalue weighted by Crippen LogP contribution is -1.98. The second kappa shape index (κ2) is 6.26. The van der Waals surface area contributed by atoms with Gasteiger partial charge in [-0.3, -0.25) is 4.98 Å². The molecule has 0 amide bonds. The summed E-state index contributed by atoms with van der Waals surface area (Å²) >= 11 is 4.97. The summed E-state index contributed by atoms with van der Waals surface area (Å²) in [5.41, 5.74) is 2.18. The molecule has 0 saturated carbocycles. The predicted octanol–water partition coefficient (Wildman–Crippen LogP) is 4.75. The second-order valence-corrected chi connectivity index (χ2v) is 7.80. The van der Waals surface area contributed by atoms with E-state index >= 15 is 0 Å². The Morgan fingerprint density at radius 1 is 1.00 bits per heavy atom. The first kappa shape index (κ1) is 15.6. The second-order valence-electron chi connectivity index (χ2n) is 5.92. The van der Waals surface area contributed by atoms with Crippen LogP contribution in [0, 0.1) is 0 Å². The maximum atomic E-state index is 4.71. The molecule has 0 aliphatic heterocycles. The molecule has 0 spiro atoms. The zero-order chi connectivity index (χ0) is 17.5. The molecule has 3 heterocycles. The normalized spacial score (nSPS) is 11.4. The van der Waals surface area contributed by atoms with Crippen molar-refractivity contribution in [3.63, 3.8) is 0 Å². The Hall–Kier alpha value is -2.64. The Morgan fingerprint density at radius 3 is 2.81 bits per heavy atom. The molecule has 0 aliphatic carbocycles. The van der Waals surface area contributed by atoms with Crippen LogP contribution in [-0.4, -0.2) is 24.8 Å². The zero-order valence-corrected chi connectivity index (χ0v) is 15.9. The molecule has 26 heavy (non-hydrogen) atoms. The number of hydrogen-bond donors (Lipinski definition) is 0. The van der Waals surface area contributed by atoms with Gasteiger partial charge in [0, 0.05) is 28.9 Å². The van der Waals surface area contributed by atoms with Gasteiger partial charge in [-0.1, -0.05) is 53.8 Å². The highest BCUT2D eigenvalue weighted by molar-refractivity contribution is 9.10. The molecule has 0 aliphatic rings. The number of halogens is 1. The Kier molecular flexibility index (Phi) is 3.76. The van der Waals surface area contributed by atoms with Gasteiger partial charge in [-0.15, -0.1) is 10.2 Å². The van der Waals surface area contributed by atoms with Crippen molar-refractivity contribution in [2.75, 3.05) is 0 Å². The molecule has 0 bridgehead atoms. The van der Waals surface area contributed by atoms with Gasteiger partial charge in [-0.2, -0.15) is 9.61 Å². The van der Waals surface area contributed by atoms with Gasteiger partial charge < -0.3 is 0 Å². The number of fused-ring (bicyclic) bond motifs is 2. The smallest absolute Gasteiger partial charge is 0.234 e. The minimum atomic E-state index is 0.683. The minimum Gasteiger partial charge on any atom is -0.263 e. The molecule has 5 rings (SSSR count). The van der Waals surface area contributed by atoms with Crippen molar-refractivity contribution >= 4 is 43.0 Å². The monoisotopic (exact) mass is 421 g/mol. The van der Waals surface area contributed by atoms with Gasteiger partial charge >= 0.3 is 0 Å². The molecule has 5 aromatic rings. The number of pyridine rings is 1. The van der Waals surface area contributed by atoms with Crippen molar-refractivity contribution in [2.45, 2.75) is 6.42 Å². The summed E-state index contributed by atoms with van der Waals surface area (Å²) in [4.78, 5) is 5.00. The van der Waals surface area contributed by atoms with Crippen molar-refractivity contribution in [1.82, 2.24) is 24.8 Å². The molecule has 7 heteroatoms. The first-order valence-electron chi connectivity index (χ1n) is 8.06. The quantitative estimate of drug-likeness (QED) is 0.421. The molecule has 3 aromatic heterocycles. The Bertz CT molecular complexity index is 1240. The van der Waals surface area contributed by atoms with Crippen molar-refractivity contribution < 1.29 is 0 Å². The fourth-order valence-corrected chi connectivity index (χ4v) is 4.23. The van der Waals surface area contributed by atoms with Crippen molar-refractivity contribution in [2.24, 2.45) is 0 Å². The summed E-state index contributed by atoms with van der Waals surface area (Å²) in [5.74, 6) is 0.835. The molecule has 5 nitrogen and oxygen atoms in total. The molecule has 0 saturated heterocycles. The third-order valence-electron chi connectivity index (χ3n) is 4.24. The van der Waals surface area contributed by atoms with E-state index in [0.29, 0.717) is 6.42 Å². The topological polar surface area (TPSA) is 56.0 Å². The summed E-state index contributed by atoms with van der Waals surface area (Å²) in [7, 11) is 0. The largest absolute Gasteiger partial charge is 0.263 e. The van der Waals surface area contributed by atoms with E-state index < -0.39 is 0 Å². The Morgan fingerprint density at radius 2 is 1.88 bits per heavy atom. The van der Waals surface area contributed by atoms with E-state index in [-0.39, 0.29) is 0 Å². The molecule has 2 aromatic carbocycles. The van der Waals surface area contributed by atoms with Gasteiger partial charge in [-0.25, -0.2) is 0 Å². The van der Waals surface area contributed by atoms with E-state index in [2.05, 4.69) is 73.6 Å². The van der Waals surface area contributed by atoms with Gasteiger partial charge in [0.05, 0.1) is 0 Å². The lowest BCUT2D eigenvalue weighted by atomic mass is 10.0. The number of aromatic nitrogens is 5. The molecule has 0 radical (unpaired) electrons. The van der Waals surface area contributed by atoms with Crippen molar-refractivity contribution in [1.29, 1.82) is 0 Å². The van der Waals surface area contributed by atoms with Crippen molar-refractivity contribution in [3.8, 4) is 10.6 Å². The minimum absolute atomic E-state index is 0.683. The van der Waals surface area contributed by atoms with E-state index in [1.807, 2.05) is 10.6 Å². The van der Waals surface area contributed by atoms with Crippen LogP contribution in [0.25, 0.3) is 26.3 Å². The third kappa shape index (κ3) is 2.69. The van der Waals surface area contributed by atoms with Crippen LogP contribution in [0.15, 0.2) is 65.4 Å². The lowest BCUT2D eigenvalue weighted by Gasteiger charge is -2.04. The highest BCUT2D eigenvalue weighted by Crippen LogP contribution is 2.28. The summed E-state index contributed by atoms with van der Waals surface area (Å²) in [6.45, 7) is 0. The van der Waals surface area contributed by atoms with Gasteiger partial charge in [0.2, 0.25) is 4.96 Å². The molecule has 0 N–H and O–H groups in total. The van der Waals surface area contributed by atoms with E-state index in [1.54, 1.807) is 12.4 Å². The number of benzene rings is 2. The molecule has 0 fully saturated rings. The van der Waals surface area contributed by atoms with Crippen LogP contribution in [0.3, 0.4) is 0 Å². The van der Waals surface area contributed by atoms with Crippen LogP contribution in [0.4, 0.5) is 0 Å². The van der Waals surface area contributed by atoms with Crippen LogP contribution in [-0.2, 0) is 6.42 Å². The summed E-state index contributed by atoms with van der Waals surface area (Å²) in [5, 5.41) is 16.7. The summed E-state index contributed by atoms with van der Waals surface area (Å²) < 4.78 is 2.76. The molecule has 126 valence electrons. The lowest BCUT2D eigenvalue weighted by molar-refractivity contribution is 0.856. The van der Waals surface area contributed by atoms with Crippen LogP contribution < -0.4 is 0 Å². The average Bonchev–Trinajstić information content (AvgIpc) is 3.24. The maximum Gasteiger partial charge on any atom is 0.234 e. The molecular weight excluding hydrogens is 410 g/mol. The van der Waals surface area contributed by atoms with E-state index in [4.69, 9.17) is 5.10 Å². The SMILES string of the molecule is Brc1cncc(-c2nn3c(Cc4cccc5ccccc45)nnc3s2)c1. The molecule has 0 unspecified atom stereocenters. The third-order valence-corrected chi connectivity index (χ3v) is 5.62. The summed E-state index contributed by atoms with van der Waals surface area (Å²) in [6, 6.07) is 16.7. The standard InChI is InChI=1S/C19H12BrN5S/c20-15-8-14(10-21-11-15)18-24-25-17(22-23-19(25)26-18)9-13-6-3-5-12-4-1-2-7-16(12)13/h1-8,10-11H,9H2. The number of rotatable bonds is 3. The van der Waals surface area contributed by atoms with Gasteiger partial charge in [0.25, 0.3) is 0 Å². The fourth-order valence-electron chi connectivity index (χ4n) is 3.03. The summed E-state index contributed by atoms with van der Waals surface area (Å²) in [6.07, 6.45) is 4.25. The van der Waals surface area contributed by atoms with E-state index in [0.717, 1.165) is 25.8 Å². The van der Waals surface area contributed by atoms with Crippen LogP contribution >= 0.6 is 27.3 Å². The maximum absolute atomic E-state index is 4.71. The van der Waals surface area contributed by atoms with E-state index in [1.165, 1.54) is 27.7 Å². The highest BCUT2D eigenvalue weighted by Gasteiger charge is 2.14. The van der Waals surface area contributed by atoms with E-state index in [9.17, 15) is 0 Å². The molecule has 0 atom stereocenters. The first-order chi connectivity index (χ1) is 12.8. The molecular formula is C19H12BrN5S. The van der Waals surface area contributed by atoms with Crippen LogP contribution in [0.5, 0.6) is 0 Å². The predicted molar refractivity (Wildman–Crippen MR) is 106 cm³/mol. The van der Waals surface area contributed by atoms with Crippen LogP contribution in [0.1, 0.15) is 11.4 Å². The Labute approximate surface area is 161 Å². The Balaban J connectivity index is 1.57. The first-order valence-corrected chi connectivity index (χ1v) is 9.67. The average molecular weight is 422 g/mol. The van der Waals surface area contributed by atoms with Gasteiger partial charge in [0.1, 0.15) is 5.01 Å². The van der Waals surface area contributed by atoms with Gasteiger partial charge in [0.15, 0.2) is 5.82 Å². The van der Waals surface area contributed by atoms with Crippen molar-refractivity contribution in [3.05, 3.63) is 76.8 Å². The van der Waals surface area contributed by atoms with Crippen LogP contribution in [0.2, 0.25) is 0 Å². The number of nitrogens with zero attached hydrogens (tertiary/aromatic N) is 5.